The van der Waals surface area contributed by atoms with Crippen LogP contribution in [0, 0.1) is 0 Å². The molecule has 0 amide bonds. The van der Waals surface area contributed by atoms with E-state index in [1.54, 1.807) is 7.05 Å². The first-order valence-corrected chi connectivity index (χ1v) is 5.89. The van der Waals surface area contributed by atoms with E-state index in [-0.39, 0.29) is 24.0 Å². The van der Waals surface area contributed by atoms with E-state index in [1.807, 2.05) is 12.2 Å². The van der Waals surface area contributed by atoms with E-state index in [0.717, 1.165) is 25.5 Å². The monoisotopic (exact) mass is 351 g/mol. The summed E-state index contributed by atoms with van der Waals surface area (Å²) in [6.45, 7) is 9.19. The number of nitrogens with zero attached hydrogens (tertiary/aromatic N) is 2. The van der Waals surface area contributed by atoms with Gasteiger partial charge in [0, 0.05) is 27.2 Å². The fourth-order valence-electron chi connectivity index (χ4n) is 1.47. The molecule has 0 aromatic heterocycles. The van der Waals surface area contributed by atoms with E-state index in [2.05, 4.69) is 35.4 Å². The normalized spacial score (nSPS) is 10.4. The number of rotatable bonds is 8. The predicted molar refractivity (Wildman–Crippen MR) is 88.3 cm³/mol. The summed E-state index contributed by atoms with van der Waals surface area (Å²) in [6, 6.07) is 0. The summed E-state index contributed by atoms with van der Waals surface area (Å²) in [6.07, 6.45) is 8.61. The van der Waals surface area contributed by atoms with Crippen LogP contribution in [-0.4, -0.2) is 38.0 Å². The molecule has 0 aromatic rings. The van der Waals surface area contributed by atoms with Gasteiger partial charge in [0.05, 0.1) is 0 Å². The third kappa shape index (κ3) is 10.4. The summed E-state index contributed by atoms with van der Waals surface area (Å²) in [5.74, 6) is 0.934. The second-order valence-corrected chi connectivity index (χ2v) is 3.78. The predicted octanol–water partition coefficient (Wildman–Crippen LogP) is 3.04. The first kappa shape index (κ1) is 18.8. The van der Waals surface area contributed by atoms with Crippen molar-refractivity contribution in [1.82, 2.24) is 10.2 Å². The van der Waals surface area contributed by atoms with Crippen LogP contribution in [-0.2, 0) is 0 Å². The van der Waals surface area contributed by atoms with Crippen LogP contribution < -0.4 is 5.32 Å². The summed E-state index contributed by atoms with van der Waals surface area (Å²) < 4.78 is 0. The standard InChI is InChI=1S/C13H25N3.HI/c1-5-7-8-9-10-12-16(4)13(14-3)15-11-6-2;/h5-6H,1-2,7-12H2,3-4H3,(H,14,15);1H. The lowest BCUT2D eigenvalue weighted by Crippen LogP contribution is -2.39. The summed E-state index contributed by atoms with van der Waals surface area (Å²) in [5.41, 5.74) is 0. The summed E-state index contributed by atoms with van der Waals surface area (Å²) in [4.78, 5) is 6.36. The van der Waals surface area contributed by atoms with E-state index in [1.165, 1.54) is 19.3 Å². The molecular formula is C13H26IN3. The van der Waals surface area contributed by atoms with Crippen molar-refractivity contribution in [3.8, 4) is 0 Å². The largest absolute Gasteiger partial charge is 0.353 e. The third-order valence-electron chi connectivity index (χ3n) is 2.38. The molecule has 0 rings (SSSR count). The van der Waals surface area contributed by atoms with Crippen LogP contribution in [0.3, 0.4) is 0 Å². The molecule has 0 unspecified atom stereocenters. The average molecular weight is 351 g/mol. The molecule has 17 heavy (non-hydrogen) atoms. The molecule has 4 heteroatoms. The number of unbranched alkanes of at least 4 members (excludes halogenated alkanes) is 3. The van der Waals surface area contributed by atoms with E-state index < -0.39 is 0 Å². The van der Waals surface area contributed by atoms with Gasteiger partial charge in [0.25, 0.3) is 0 Å². The van der Waals surface area contributed by atoms with Gasteiger partial charge in [-0.25, -0.2) is 0 Å². The van der Waals surface area contributed by atoms with Gasteiger partial charge in [-0.15, -0.1) is 37.1 Å². The Morgan fingerprint density at radius 3 is 2.47 bits per heavy atom. The van der Waals surface area contributed by atoms with Crippen molar-refractivity contribution >= 4 is 29.9 Å². The van der Waals surface area contributed by atoms with Crippen LogP contribution >= 0.6 is 24.0 Å². The second-order valence-electron chi connectivity index (χ2n) is 3.78. The Morgan fingerprint density at radius 1 is 1.24 bits per heavy atom. The van der Waals surface area contributed by atoms with Crippen LogP contribution in [0.5, 0.6) is 0 Å². The van der Waals surface area contributed by atoms with Gasteiger partial charge in [0.1, 0.15) is 0 Å². The lowest BCUT2D eigenvalue weighted by Gasteiger charge is -2.21. The van der Waals surface area contributed by atoms with Gasteiger partial charge < -0.3 is 10.2 Å². The Hall–Kier alpha value is -0.520. The number of guanidine groups is 1. The van der Waals surface area contributed by atoms with E-state index >= 15 is 0 Å². The quantitative estimate of drug-likeness (QED) is 0.239. The first-order chi connectivity index (χ1) is 7.76. The highest BCUT2D eigenvalue weighted by Crippen LogP contribution is 2.01. The van der Waals surface area contributed by atoms with Gasteiger partial charge in [-0.1, -0.05) is 18.6 Å². The Labute approximate surface area is 123 Å². The molecule has 0 saturated heterocycles. The SMILES string of the molecule is C=CCCCCCN(C)C(=NC)NCC=C.I. The van der Waals surface area contributed by atoms with E-state index in [0.29, 0.717) is 0 Å². The second kappa shape index (κ2) is 13.5. The summed E-state index contributed by atoms with van der Waals surface area (Å²) in [7, 11) is 3.87. The zero-order valence-electron chi connectivity index (χ0n) is 11.1. The Morgan fingerprint density at radius 2 is 1.94 bits per heavy atom. The zero-order valence-corrected chi connectivity index (χ0v) is 13.4. The molecule has 0 bridgehead atoms. The van der Waals surface area contributed by atoms with Crippen molar-refractivity contribution in [2.75, 3.05) is 27.2 Å². The molecule has 0 fully saturated rings. The zero-order chi connectivity index (χ0) is 12.2. The molecule has 0 aliphatic rings. The fraction of sp³-hybridized carbons (Fsp3) is 0.615. The molecule has 0 aromatic carbocycles. The highest BCUT2D eigenvalue weighted by atomic mass is 127. The number of hydrogen-bond acceptors (Lipinski definition) is 1. The van der Waals surface area contributed by atoms with E-state index in [9.17, 15) is 0 Å². The van der Waals surface area contributed by atoms with Crippen LogP contribution in [0.4, 0.5) is 0 Å². The maximum Gasteiger partial charge on any atom is 0.193 e. The summed E-state index contributed by atoms with van der Waals surface area (Å²) in [5, 5.41) is 3.21. The highest BCUT2D eigenvalue weighted by Gasteiger charge is 2.03. The van der Waals surface area contributed by atoms with Crippen molar-refractivity contribution in [2.45, 2.75) is 25.7 Å². The highest BCUT2D eigenvalue weighted by molar-refractivity contribution is 14.0. The van der Waals surface area contributed by atoms with Crippen LogP contribution in [0.1, 0.15) is 25.7 Å². The molecule has 0 aliphatic carbocycles. The third-order valence-corrected chi connectivity index (χ3v) is 2.38. The number of hydrogen-bond donors (Lipinski definition) is 1. The minimum Gasteiger partial charge on any atom is -0.353 e. The smallest absolute Gasteiger partial charge is 0.193 e. The van der Waals surface area contributed by atoms with Gasteiger partial charge >= 0.3 is 0 Å². The lowest BCUT2D eigenvalue weighted by atomic mass is 10.2. The Bertz CT molecular complexity index is 227. The van der Waals surface area contributed by atoms with Crippen molar-refractivity contribution < 1.29 is 0 Å². The molecule has 0 spiro atoms. The van der Waals surface area contributed by atoms with Crippen molar-refractivity contribution in [1.29, 1.82) is 0 Å². The molecule has 0 atom stereocenters. The van der Waals surface area contributed by atoms with Crippen molar-refractivity contribution in [3.05, 3.63) is 25.3 Å². The van der Waals surface area contributed by atoms with Crippen LogP contribution in [0.25, 0.3) is 0 Å². The minimum absolute atomic E-state index is 0. The van der Waals surface area contributed by atoms with E-state index in [4.69, 9.17) is 0 Å². The average Bonchev–Trinajstić information content (AvgIpc) is 2.30. The van der Waals surface area contributed by atoms with Gasteiger partial charge in [0.2, 0.25) is 0 Å². The number of aliphatic imine (C=N–C) groups is 1. The van der Waals surface area contributed by atoms with Gasteiger partial charge in [0.15, 0.2) is 5.96 Å². The summed E-state index contributed by atoms with van der Waals surface area (Å²) >= 11 is 0. The fourth-order valence-corrected chi connectivity index (χ4v) is 1.47. The molecule has 3 nitrogen and oxygen atoms in total. The van der Waals surface area contributed by atoms with Crippen LogP contribution in [0.15, 0.2) is 30.3 Å². The minimum atomic E-state index is 0. The number of nitrogens with one attached hydrogen (secondary N) is 1. The van der Waals surface area contributed by atoms with Gasteiger partial charge in [-0.2, -0.15) is 0 Å². The van der Waals surface area contributed by atoms with Gasteiger partial charge in [-0.05, 0) is 19.3 Å². The topological polar surface area (TPSA) is 27.6 Å². The van der Waals surface area contributed by atoms with Crippen molar-refractivity contribution in [3.63, 3.8) is 0 Å². The van der Waals surface area contributed by atoms with Gasteiger partial charge in [-0.3, -0.25) is 4.99 Å². The molecule has 1 N–H and O–H groups in total. The first-order valence-electron chi connectivity index (χ1n) is 5.89. The number of halogens is 1. The Kier molecular flexibility index (Phi) is 15.0. The maximum absolute atomic E-state index is 4.21. The Balaban J connectivity index is 0. The maximum atomic E-state index is 4.21. The molecule has 0 saturated carbocycles. The molecular weight excluding hydrogens is 325 g/mol. The lowest BCUT2D eigenvalue weighted by molar-refractivity contribution is 0.458. The molecule has 0 radical (unpaired) electrons. The molecule has 0 heterocycles. The number of allylic oxidation sites excluding steroid dienone is 1. The molecule has 100 valence electrons. The molecule has 0 aliphatic heterocycles. The van der Waals surface area contributed by atoms with Crippen molar-refractivity contribution in [2.24, 2.45) is 4.99 Å². The van der Waals surface area contributed by atoms with Crippen LogP contribution in [0.2, 0.25) is 0 Å².